The van der Waals surface area contributed by atoms with Crippen molar-refractivity contribution in [3.63, 3.8) is 0 Å². The van der Waals surface area contributed by atoms with Gasteiger partial charge in [0.2, 0.25) is 0 Å². The van der Waals surface area contributed by atoms with Crippen LogP contribution in [-0.4, -0.2) is 23.1 Å². The highest BCUT2D eigenvalue weighted by atomic mass is 19.2. The Hall–Kier alpha value is -2.76. The molecule has 146 valence electrons. The van der Waals surface area contributed by atoms with Crippen molar-refractivity contribution in [2.75, 3.05) is 0 Å². The smallest absolute Gasteiger partial charge is 0.410 e. The Kier molecular flexibility index (Phi) is 5.11. The molecule has 2 atom stereocenters. The molecule has 2 unspecified atom stereocenters. The first-order valence-electron chi connectivity index (χ1n) is 9.37. The number of amides is 1. The first kappa shape index (κ1) is 18.6. The zero-order valence-electron chi connectivity index (χ0n) is 15.2. The van der Waals surface area contributed by atoms with E-state index in [2.05, 4.69) is 0 Å². The second-order valence-electron chi connectivity index (χ2n) is 7.24. The fourth-order valence-electron chi connectivity index (χ4n) is 4.08. The molecule has 1 amide bonds. The molecule has 2 heterocycles. The number of carbonyl (C=O) groups excluding carboxylic acids is 1. The van der Waals surface area contributed by atoms with Crippen molar-refractivity contribution in [1.82, 2.24) is 4.90 Å². The summed E-state index contributed by atoms with van der Waals surface area (Å²) in [6.45, 7) is 0.185. The van der Waals surface area contributed by atoms with E-state index in [1.165, 1.54) is 0 Å². The van der Waals surface area contributed by atoms with Crippen LogP contribution < -0.4 is 0 Å². The normalized spacial score (nSPS) is 21.2. The predicted octanol–water partition coefficient (Wildman–Crippen LogP) is 5.45. The third-order valence-corrected chi connectivity index (χ3v) is 5.41. The molecule has 2 bridgehead atoms. The van der Waals surface area contributed by atoms with Gasteiger partial charge in [-0.05, 0) is 42.9 Å². The Morgan fingerprint density at radius 2 is 1.79 bits per heavy atom. The summed E-state index contributed by atoms with van der Waals surface area (Å²) in [6, 6.07) is 10.5. The summed E-state index contributed by atoms with van der Waals surface area (Å²) in [5.74, 6) is -3.07. The molecular formula is C22H20F3NO2. The number of hydrogen-bond acceptors (Lipinski definition) is 2. The summed E-state index contributed by atoms with van der Waals surface area (Å²) in [7, 11) is 0. The summed E-state index contributed by atoms with van der Waals surface area (Å²) in [4.78, 5) is 14.4. The lowest BCUT2D eigenvalue weighted by molar-refractivity contribution is 0.0510. The molecule has 2 aromatic rings. The minimum Gasteiger partial charge on any atom is -0.445 e. The molecule has 1 saturated heterocycles. The molecule has 1 fully saturated rings. The number of fused-ring (bicyclic) bond motifs is 2. The maximum Gasteiger partial charge on any atom is 0.410 e. The van der Waals surface area contributed by atoms with E-state index >= 15 is 0 Å². The predicted molar refractivity (Wildman–Crippen MR) is 98.8 cm³/mol. The van der Waals surface area contributed by atoms with Gasteiger partial charge in [-0.2, -0.15) is 0 Å². The molecule has 3 nitrogen and oxygen atoms in total. The van der Waals surface area contributed by atoms with Crippen molar-refractivity contribution < 1.29 is 22.7 Å². The van der Waals surface area contributed by atoms with Gasteiger partial charge in [0.1, 0.15) is 12.4 Å². The Bertz CT molecular complexity index is 913. The molecule has 0 spiro atoms. The Labute approximate surface area is 161 Å². The Morgan fingerprint density at radius 3 is 2.54 bits per heavy atom. The van der Waals surface area contributed by atoms with Crippen molar-refractivity contribution in [2.45, 2.75) is 44.4 Å². The highest BCUT2D eigenvalue weighted by Gasteiger charge is 2.38. The van der Waals surface area contributed by atoms with Crippen molar-refractivity contribution in [3.8, 4) is 0 Å². The van der Waals surface area contributed by atoms with Crippen LogP contribution in [0.3, 0.4) is 0 Å². The highest BCUT2D eigenvalue weighted by Crippen LogP contribution is 2.38. The van der Waals surface area contributed by atoms with Crippen molar-refractivity contribution >= 4 is 11.7 Å². The molecule has 2 aliphatic rings. The van der Waals surface area contributed by atoms with Gasteiger partial charge in [-0.15, -0.1) is 0 Å². The second-order valence-corrected chi connectivity index (χ2v) is 7.24. The maximum atomic E-state index is 14.2. The fourth-order valence-corrected chi connectivity index (χ4v) is 4.08. The third kappa shape index (κ3) is 3.63. The molecule has 6 heteroatoms. The minimum atomic E-state index is -1.20. The van der Waals surface area contributed by atoms with E-state index in [0.29, 0.717) is 18.1 Å². The summed E-state index contributed by atoms with van der Waals surface area (Å²) in [6.07, 6.45) is 4.21. The summed E-state index contributed by atoms with van der Waals surface area (Å²) in [5, 5.41) is 0. The lowest BCUT2D eigenvalue weighted by atomic mass is 9.83. The Balaban J connectivity index is 1.54. The van der Waals surface area contributed by atoms with Crippen LogP contribution in [0.1, 0.15) is 36.8 Å². The van der Waals surface area contributed by atoms with Crippen molar-refractivity contribution in [2.24, 2.45) is 0 Å². The number of ether oxygens (including phenoxy) is 1. The highest BCUT2D eigenvalue weighted by molar-refractivity contribution is 5.74. The van der Waals surface area contributed by atoms with Crippen LogP contribution in [0.2, 0.25) is 0 Å². The number of benzene rings is 2. The molecule has 0 aromatic heterocycles. The van der Waals surface area contributed by atoms with Gasteiger partial charge in [-0.3, -0.25) is 4.90 Å². The van der Waals surface area contributed by atoms with Crippen molar-refractivity contribution in [1.29, 1.82) is 0 Å². The zero-order valence-corrected chi connectivity index (χ0v) is 15.2. The summed E-state index contributed by atoms with van der Waals surface area (Å²) >= 11 is 0. The van der Waals surface area contributed by atoms with Gasteiger partial charge in [-0.25, -0.2) is 18.0 Å². The van der Waals surface area contributed by atoms with E-state index in [1.54, 1.807) is 11.0 Å². The van der Waals surface area contributed by atoms with E-state index in [9.17, 15) is 18.0 Å². The first-order chi connectivity index (χ1) is 13.5. The van der Waals surface area contributed by atoms with E-state index < -0.39 is 23.5 Å². The number of carbonyl (C=O) groups is 1. The molecule has 2 aromatic carbocycles. The molecule has 4 rings (SSSR count). The first-order valence-corrected chi connectivity index (χ1v) is 9.37. The van der Waals surface area contributed by atoms with Crippen LogP contribution >= 0.6 is 0 Å². The number of nitrogens with zero attached hydrogens (tertiary/aromatic N) is 1. The zero-order chi connectivity index (χ0) is 19.7. The van der Waals surface area contributed by atoms with Gasteiger partial charge >= 0.3 is 6.09 Å². The maximum absolute atomic E-state index is 14.2. The van der Waals surface area contributed by atoms with Gasteiger partial charge in [0.05, 0.1) is 6.04 Å². The van der Waals surface area contributed by atoms with Crippen LogP contribution in [0, 0.1) is 17.5 Å². The fraction of sp³-hybridized carbons (Fsp3) is 0.318. The molecule has 0 N–H and O–H groups in total. The number of halogens is 3. The largest absolute Gasteiger partial charge is 0.445 e. The lowest BCUT2D eigenvalue weighted by Gasteiger charge is -2.44. The van der Waals surface area contributed by atoms with E-state index in [1.807, 2.05) is 30.3 Å². The standard InChI is InChI=1S/C22H20F3NO2/c23-19-12-21(25)20(24)11-18(19)15-9-16-7-4-8-17(10-15)26(16)22(27)28-13-14-5-2-1-3-6-14/h1-3,5-6,9,11-12,16-17H,4,7-8,10,13H2. The molecule has 0 aliphatic carbocycles. The average Bonchev–Trinajstić information content (AvgIpc) is 2.68. The van der Waals surface area contributed by atoms with Crippen LogP contribution in [0.25, 0.3) is 5.57 Å². The molecule has 28 heavy (non-hydrogen) atoms. The molecule has 0 saturated carbocycles. The lowest BCUT2D eigenvalue weighted by Crippen LogP contribution is -2.51. The molecular weight excluding hydrogens is 367 g/mol. The van der Waals surface area contributed by atoms with Gasteiger partial charge in [-0.1, -0.05) is 36.4 Å². The monoisotopic (exact) mass is 387 g/mol. The minimum absolute atomic E-state index is 0.0631. The summed E-state index contributed by atoms with van der Waals surface area (Å²) in [5.41, 5.74) is 1.57. The summed E-state index contributed by atoms with van der Waals surface area (Å²) < 4.78 is 46.5. The van der Waals surface area contributed by atoms with Crippen LogP contribution in [0.15, 0.2) is 48.5 Å². The van der Waals surface area contributed by atoms with Gasteiger partial charge in [0.25, 0.3) is 0 Å². The Morgan fingerprint density at radius 1 is 1.04 bits per heavy atom. The third-order valence-electron chi connectivity index (χ3n) is 5.41. The number of rotatable bonds is 3. The number of piperidine rings is 1. The van der Waals surface area contributed by atoms with Gasteiger partial charge in [0.15, 0.2) is 11.6 Å². The van der Waals surface area contributed by atoms with Crippen LogP contribution in [-0.2, 0) is 11.3 Å². The average molecular weight is 387 g/mol. The van der Waals surface area contributed by atoms with Crippen LogP contribution in [0.4, 0.5) is 18.0 Å². The van der Waals surface area contributed by atoms with Gasteiger partial charge in [0, 0.05) is 17.7 Å². The van der Waals surface area contributed by atoms with Crippen molar-refractivity contribution in [3.05, 3.63) is 77.1 Å². The van der Waals surface area contributed by atoms with Crippen LogP contribution in [0.5, 0.6) is 0 Å². The molecule has 2 aliphatic heterocycles. The van der Waals surface area contributed by atoms with Gasteiger partial charge < -0.3 is 4.74 Å². The second kappa shape index (κ2) is 7.70. The number of hydrogen-bond donors (Lipinski definition) is 0. The van der Waals surface area contributed by atoms with E-state index in [-0.39, 0.29) is 24.3 Å². The molecule has 0 radical (unpaired) electrons. The SMILES string of the molecule is O=C(OCc1ccccc1)N1C2C=C(c3cc(F)c(F)cc3F)CC1CCC2. The van der Waals surface area contributed by atoms with E-state index in [0.717, 1.165) is 30.9 Å². The topological polar surface area (TPSA) is 29.5 Å². The van der Waals surface area contributed by atoms with E-state index in [4.69, 9.17) is 4.74 Å². The quantitative estimate of drug-likeness (QED) is 0.656.